The molecule has 23 heavy (non-hydrogen) atoms. The number of urea groups is 1. The van der Waals surface area contributed by atoms with Gasteiger partial charge in [-0.15, -0.1) is 0 Å². The first-order valence-electron chi connectivity index (χ1n) is 7.57. The molecule has 2 saturated heterocycles. The van der Waals surface area contributed by atoms with E-state index in [1.165, 1.54) is 18.9 Å². The Morgan fingerprint density at radius 2 is 2.17 bits per heavy atom. The van der Waals surface area contributed by atoms with E-state index in [0.717, 1.165) is 12.8 Å². The van der Waals surface area contributed by atoms with E-state index in [1.807, 2.05) is 0 Å². The molecular weight excluding hydrogens is 298 g/mol. The van der Waals surface area contributed by atoms with Gasteiger partial charge in [-0.1, -0.05) is 0 Å². The molecule has 1 aromatic carbocycles. The van der Waals surface area contributed by atoms with Crippen LogP contribution in [0.2, 0.25) is 0 Å². The number of methoxy groups -OCH3 is 1. The lowest BCUT2D eigenvalue weighted by Crippen LogP contribution is -2.32. The molecule has 3 rings (SSSR count). The average molecular weight is 317 g/mol. The fourth-order valence-electron chi connectivity index (χ4n) is 3.18. The summed E-state index contributed by atoms with van der Waals surface area (Å²) in [5, 5.41) is 2.69. The molecule has 1 N–H and O–H groups in total. The Hall–Kier alpha value is -2.57. The third kappa shape index (κ3) is 2.74. The Morgan fingerprint density at radius 3 is 2.83 bits per heavy atom. The van der Waals surface area contributed by atoms with Gasteiger partial charge >= 0.3 is 6.03 Å². The summed E-state index contributed by atoms with van der Waals surface area (Å²) in [6.07, 6.45) is 1.60. The van der Waals surface area contributed by atoms with Gasteiger partial charge in [-0.05, 0) is 31.0 Å². The summed E-state index contributed by atoms with van der Waals surface area (Å²) >= 11 is 0. The number of hydrogen-bond acceptors (Lipinski definition) is 4. The van der Waals surface area contributed by atoms with Crippen molar-refractivity contribution in [3.05, 3.63) is 23.8 Å². The molecule has 1 aromatic rings. The molecule has 1 atom stereocenters. The smallest absolute Gasteiger partial charge is 0.327 e. The molecular formula is C16H19N3O4. The minimum absolute atomic E-state index is 0.140. The maximum atomic E-state index is 12.4. The Morgan fingerprint density at radius 1 is 1.39 bits per heavy atom. The topological polar surface area (TPSA) is 79.0 Å². The van der Waals surface area contributed by atoms with Crippen molar-refractivity contribution in [2.24, 2.45) is 0 Å². The molecule has 2 aliphatic rings. The molecule has 0 saturated carbocycles. The van der Waals surface area contributed by atoms with Crippen LogP contribution in [0, 0.1) is 0 Å². The summed E-state index contributed by atoms with van der Waals surface area (Å²) in [4.78, 5) is 38.9. The van der Waals surface area contributed by atoms with Gasteiger partial charge in [-0.25, -0.2) is 4.79 Å². The zero-order valence-electron chi connectivity index (χ0n) is 13.2. The summed E-state index contributed by atoms with van der Waals surface area (Å²) in [5.74, 6) is 0.237. The van der Waals surface area contributed by atoms with Gasteiger partial charge in [0.2, 0.25) is 5.91 Å². The number of nitrogens with zero attached hydrogens (tertiary/aromatic N) is 2. The summed E-state index contributed by atoms with van der Waals surface area (Å²) in [7, 11) is 1.53. The van der Waals surface area contributed by atoms with E-state index in [1.54, 1.807) is 23.1 Å². The van der Waals surface area contributed by atoms with Gasteiger partial charge in [0, 0.05) is 24.7 Å². The van der Waals surface area contributed by atoms with Crippen LogP contribution in [-0.4, -0.2) is 47.3 Å². The van der Waals surface area contributed by atoms with Crippen LogP contribution in [0.3, 0.4) is 0 Å². The number of carbonyl (C=O) groups excluding carboxylic acids is 3. The van der Waals surface area contributed by atoms with Crippen LogP contribution >= 0.6 is 0 Å². The molecule has 7 heteroatoms. The van der Waals surface area contributed by atoms with E-state index in [2.05, 4.69) is 5.32 Å². The van der Waals surface area contributed by atoms with Crippen molar-refractivity contribution in [2.45, 2.75) is 32.4 Å². The fourth-order valence-corrected chi connectivity index (χ4v) is 3.18. The number of imide groups is 1. The Balaban J connectivity index is 1.85. The van der Waals surface area contributed by atoms with Gasteiger partial charge in [0.05, 0.1) is 13.7 Å². The third-order valence-corrected chi connectivity index (χ3v) is 4.21. The summed E-state index contributed by atoms with van der Waals surface area (Å²) < 4.78 is 5.30. The Kier molecular flexibility index (Phi) is 3.94. The maximum Gasteiger partial charge on any atom is 0.327 e. The highest BCUT2D eigenvalue weighted by Crippen LogP contribution is 2.31. The molecule has 122 valence electrons. The SMILES string of the molecule is COc1ccc(NC(C)=O)cc1CN1C(=O)C2CCCN2C1=O. The van der Waals surface area contributed by atoms with Crippen molar-refractivity contribution >= 4 is 23.5 Å². The number of benzene rings is 1. The van der Waals surface area contributed by atoms with Crippen molar-refractivity contribution in [3.8, 4) is 5.75 Å². The number of fused-ring (bicyclic) bond motifs is 1. The van der Waals surface area contributed by atoms with E-state index < -0.39 is 0 Å². The molecule has 2 heterocycles. The zero-order valence-corrected chi connectivity index (χ0v) is 13.2. The lowest BCUT2D eigenvalue weighted by molar-refractivity contribution is -0.128. The van der Waals surface area contributed by atoms with Crippen LogP contribution in [0.15, 0.2) is 18.2 Å². The van der Waals surface area contributed by atoms with E-state index in [0.29, 0.717) is 23.5 Å². The average Bonchev–Trinajstić information content (AvgIpc) is 3.07. The van der Waals surface area contributed by atoms with Crippen molar-refractivity contribution in [1.82, 2.24) is 9.80 Å². The van der Waals surface area contributed by atoms with E-state index in [4.69, 9.17) is 4.74 Å². The van der Waals surface area contributed by atoms with Gasteiger partial charge in [0.25, 0.3) is 5.91 Å². The molecule has 0 bridgehead atoms. The highest BCUT2D eigenvalue weighted by atomic mass is 16.5. The summed E-state index contributed by atoms with van der Waals surface area (Å²) in [6, 6.07) is 4.60. The van der Waals surface area contributed by atoms with Crippen LogP contribution in [0.5, 0.6) is 5.75 Å². The molecule has 4 amide bonds. The molecule has 2 aliphatic heterocycles. The monoisotopic (exact) mass is 317 g/mol. The van der Waals surface area contributed by atoms with Crippen molar-refractivity contribution in [2.75, 3.05) is 19.0 Å². The first-order chi connectivity index (χ1) is 11.0. The largest absolute Gasteiger partial charge is 0.496 e. The van der Waals surface area contributed by atoms with Crippen molar-refractivity contribution < 1.29 is 19.1 Å². The second-order valence-electron chi connectivity index (χ2n) is 5.77. The number of ether oxygens (including phenoxy) is 1. The number of rotatable bonds is 4. The van der Waals surface area contributed by atoms with Crippen molar-refractivity contribution in [1.29, 1.82) is 0 Å². The van der Waals surface area contributed by atoms with E-state index in [-0.39, 0.29) is 30.4 Å². The molecule has 0 spiro atoms. The van der Waals surface area contributed by atoms with E-state index in [9.17, 15) is 14.4 Å². The van der Waals surface area contributed by atoms with Crippen LogP contribution < -0.4 is 10.1 Å². The molecule has 0 radical (unpaired) electrons. The molecule has 0 aromatic heterocycles. The summed E-state index contributed by atoms with van der Waals surface area (Å²) in [6.45, 7) is 2.20. The predicted octanol–water partition coefficient (Wildman–Crippen LogP) is 1.58. The van der Waals surface area contributed by atoms with Gasteiger partial charge in [-0.3, -0.25) is 14.5 Å². The number of amides is 4. The van der Waals surface area contributed by atoms with Gasteiger partial charge < -0.3 is 15.0 Å². The van der Waals surface area contributed by atoms with Gasteiger partial charge in [-0.2, -0.15) is 0 Å². The maximum absolute atomic E-state index is 12.4. The number of anilines is 1. The minimum Gasteiger partial charge on any atom is -0.496 e. The Labute approximate surface area is 134 Å². The third-order valence-electron chi connectivity index (χ3n) is 4.21. The first-order valence-corrected chi connectivity index (χ1v) is 7.57. The Bertz CT molecular complexity index is 651. The van der Waals surface area contributed by atoms with Crippen molar-refractivity contribution in [3.63, 3.8) is 0 Å². The second-order valence-corrected chi connectivity index (χ2v) is 5.77. The van der Waals surface area contributed by atoms with Crippen LogP contribution in [0.25, 0.3) is 0 Å². The van der Waals surface area contributed by atoms with Crippen LogP contribution in [-0.2, 0) is 16.1 Å². The number of nitrogens with one attached hydrogen (secondary N) is 1. The quantitative estimate of drug-likeness (QED) is 0.855. The van der Waals surface area contributed by atoms with Gasteiger partial charge in [0.1, 0.15) is 11.8 Å². The highest BCUT2D eigenvalue weighted by molar-refractivity contribution is 6.04. The molecule has 7 nitrogen and oxygen atoms in total. The number of hydrogen-bond donors (Lipinski definition) is 1. The lowest BCUT2D eigenvalue weighted by Gasteiger charge is -2.18. The van der Waals surface area contributed by atoms with Gasteiger partial charge in [0.15, 0.2) is 0 Å². The van der Waals surface area contributed by atoms with Crippen LogP contribution in [0.1, 0.15) is 25.3 Å². The zero-order chi connectivity index (χ0) is 16.6. The number of carbonyl (C=O) groups is 3. The highest BCUT2D eigenvalue weighted by Gasteiger charge is 2.47. The normalized spacial score (nSPS) is 20.0. The first kappa shape index (κ1) is 15.3. The molecule has 2 fully saturated rings. The van der Waals surface area contributed by atoms with Crippen LogP contribution in [0.4, 0.5) is 10.5 Å². The lowest BCUT2D eigenvalue weighted by atomic mass is 10.1. The minimum atomic E-state index is -0.313. The molecule has 1 unspecified atom stereocenters. The fraction of sp³-hybridized carbons (Fsp3) is 0.438. The predicted molar refractivity (Wildman–Crippen MR) is 83.0 cm³/mol. The van der Waals surface area contributed by atoms with E-state index >= 15 is 0 Å². The standard InChI is InChI=1S/C16H19N3O4/c1-10(20)17-12-5-6-14(23-2)11(8-12)9-19-15(21)13-4-3-7-18(13)16(19)22/h5-6,8,13H,3-4,7,9H2,1-2H3,(H,17,20). The summed E-state index contributed by atoms with van der Waals surface area (Å²) in [5.41, 5.74) is 1.29. The second kappa shape index (κ2) is 5.91. The molecule has 0 aliphatic carbocycles.